The van der Waals surface area contributed by atoms with E-state index in [0.717, 1.165) is 0 Å². The zero-order chi connectivity index (χ0) is 6.78. The van der Waals surface area contributed by atoms with Gasteiger partial charge in [-0.15, -0.1) is 0 Å². The summed E-state index contributed by atoms with van der Waals surface area (Å²) in [6.45, 7) is 4.32. The van der Waals surface area contributed by atoms with Gasteiger partial charge in [0.15, 0.2) is 5.03 Å². The van der Waals surface area contributed by atoms with Crippen LogP contribution in [0.5, 0.6) is 0 Å². The molecule has 0 nitrogen and oxygen atoms in total. The molecule has 0 unspecified atom stereocenters. The Kier molecular flexibility index (Phi) is 2.13. The summed E-state index contributed by atoms with van der Waals surface area (Å²) in [5.74, 6) is 0. The summed E-state index contributed by atoms with van der Waals surface area (Å²) in [7, 11) is 0. The van der Waals surface area contributed by atoms with Crippen LogP contribution in [-0.2, 0) is 0 Å². The van der Waals surface area contributed by atoms with Crippen molar-refractivity contribution in [2.75, 3.05) is 0 Å². The summed E-state index contributed by atoms with van der Waals surface area (Å²) < 4.78 is 33.4. The zero-order valence-electron chi connectivity index (χ0n) is 3.59. The van der Waals surface area contributed by atoms with Crippen LogP contribution in [0.15, 0.2) is 10.8 Å². The monoisotopic (exact) mass is 141 g/mol. The van der Waals surface area contributed by atoms with Gasteiger partial charge in [-0.25, -0.2) is 0 Å². The number of rotatable bonds is 0. The fourth-order valence-electron chi connectivity index (χ4n) is 0.0818. The normalized spacial score (nSPS) is 10.5. The Hall–Kier alpha value is -0.400. The molecule has 0 aromatic rings. The van der Waals surface area contributed by atoms with E-state index in [1.165, 1.54) is 5.73 Å². The van der Waals surface area contributed by atoms with Crippen molar-refractivity contribution < 1.29 is 13.2 Å². The molecule has 4 heteroatoms. The standard InChI is InChI=1S/C4HClF3/c1-2-3(5)4(6,7)8/h1H. The molecule has 8 heavy (non-hydrogen) atoms. The van der Waals surface area contributed by atoms with Crippen molar-refractivity contribution in [3.63, 3.8) is 0 Å². The van der Waals surface area contributed by atoms with Gasteiger partial charge in [0.1, 0.15) is 0 Å². The first-order chi connectivity index (χ1) is 3.48. The van der Waals surface area contributed by atoms with E-state index in [9.17, 15) is 13.2 Å². The minimum absolute atomic E-state index is 1.26. The van der Waals surface area contributed by atoms with Crippen molar-refractivity contribution in [3.8, 4) is 0 Å². The van der Waals surface area contributed by atoms with Crippen LogP contribution in [0, 0.1) is 6.58 Å². The molecule has 0 aromatic heterocycles. The maximum atomic E-state index is 11.1. The van der Waals surface area contributed by atoms with Gasteiger partial charge in [0.05, 0.1) is 0 Å². The van der Waals surface area contributed by atoms with Crippen LogP contribution in [0.4, 0.5) is 13.2 Å². The molecule has 0 heterocycles. The van der Waals surface area contributed by atoms with E-state index >= 15 is 0 Å². The molecule has 0 rings (SSSR count). The Morgan fingerprint density at radius 2 is 1.88 bits per heavy atom. The Labute approximate surface area is 49.3 Å². The van der Waals surface area contributed by atoms with E-state index < -0.39 is 11.2 Å². The highest BCUT2D eigenvalue weighted by Gasteiger charge is 2.31. The molecule has 0 aliphatic heterocycles. The Morgan fingerprint density at radius 3 is 1.88 bits per heavy atom. The Bertz CT molecular complexity index is 129. The second-order valence-electron chi connectivity index (χ2n) is 0.956. The average Bonchev–Trinajstić information content (AvgIpc) is 1.62. The summed E-state index contributed by atoms with van der Waals surface area (Å²) in [4.78, 5) is 0. The Balaban J connectivity index is 4.26. The SMILES string of the molecule is [CH]=C=C(Cl)C(F)(F)F. The van der Waals surface area contributed by atoms with Crippen LogP contribution in [0.3, 0.4) is 0 Å². The van der Waals surface area contributed by atoms with Gasteiger partial charge in [-0.1, -0.05) is 17.3 Å². The zero-order valence-corrected chi connectivity index (χ0v) is 4.35. The third-order valence-corrected chi connectivity index (χ3v) is 0.699. The highest BCUT2D eigenvalue weighted by atomic mass is 35.5. The molecule has 0 aliphatic carbocycles. The summed E-state index contributed by atoms with van der Waals surface area (Å²) in [6.07, 6.45) is -4.55. The van der Waals surface area contributed by atoms with E-state index in [2.05, 4.69) is 18.2 Å². The second-order valence-corrected chi connectivity index (χ2v) is 1.33. The molecule has 0 fully saturated rings. The number of allylic oxidation sites excluding steroid dienone is 1. The van der Waals surface area contributed by atoms with Gasteiger partial charge in [0.25, 0.3) is 0 Å². The number of halogens is 4. The molecule has 0 atom stereocenters. The molecule has 0 N–H and O–H groups in total. The summed E-state index contributed by atoms with van der Waals surface area (Å²) in [6, 6.07) is 0. The molecule has 0 saturated carbocycles. The topological polar surface area (TPSA) is 0 Å². The van der Waals surface area contributed by atoms with Crippen LogP contribution < -0.4 is 0 Å². The third-order valence-electron chi connectivity index (χ3n) is 0.376. The third kappa shape index (κ3) is 2.05. The van der Waals surface area contributed by atoms with Crippen molar-refractivity contribution >= 4 is 11.6 Å². The van der Waals surface area contributed by atoms with E-state index in [0.29, 0.717) is 0 Å². The lowest BCUT2D eigenvalue weighted by molar-refractivity contribution is -0.0843. The van der Waals surface area contributed by atoms with Crippen LogP contribution in [0.1, 0.15) is 0 Å². The van der Waals surface area contributed by atoms with Gasteiger partial charge < -0.3 is 0 Å². The van der Waals surface area contributed by atoms with Crippen molar-refractivity contribution in [2.45, 2.75) is 6.18 Å². The van der Waals surface area contributed by atoms with Gasteiger partial charge in [0, 0.05) is 0 Å². The maximum Gasteiger partial charge on any atom is 0.434 e. The van der Waals surface area contributed by atoms with Crippen LogP contribution >= 0.6 is 11.6 Å². The predicted molar refractivity (Wildman–Crippen MR) is 23.2 cm³/mol. The van der Waals surface area contributed by atoms with Crippen molar-refractivity contribution in [2.24, 2.45) is 0 Å². The molecule has 0 amide bonds. The van der Waals surface area contributed by atoms with E-state index in [1.54, 1.807) is 0 Å². The van der Waals surface area contributed by atoms with E-state index in [4.69, 9.17) is 0 Å². The fourth-order valence-corrected chi connectivity index (χ4v) is 0.0818. The molecule has 0 aliphatic rings. The van der Waals surface area contributed by atoms with Crippen LogP contribution in [0.25, 0.3) is 0 Å². The summed E-state index contributed by atoms with van der Waals surface area (Å²) in [5.41, 5.74) is 1.26. The first-order valence-electron chi connectivity index (χ1n) is 1.54. The lowest BCUT2D eigenvalue weighted by atomic mass is 10.6. The van der Waals surface area contributed by atoms with Crippen LogP contribution in [0.2, 0.25) is 0 Å². The van der Waals surface area contributed by atoms with Gasteiger partial charge in [0.2, 0.25) is 0 Å². The van der Waals surface area contributed by atoms with Gasteiger partial charge >= 0.3 is 6.18 Å². The molecular weight excluding hydrogens is 140 g/mol. The number of alkyl halides is 3. The van der Waals surface area contributed by atoms with Gasteiger partial charge in [-0.05, 0) is 6.58 Å². The first kappa shape index (κ1) is 7.60. The summed E-state index contributed by atoms with van der Waals surface area (Å²) in [5, 5.41) is -1.42. The molecule has 45 valence electrons. The molecule has 0 bridgehead atoms. The second kappa shape index (κ2) is 2.25. The molecular formula is C4HClF3. The lowest BCUT2D eigenvalue weighted by Gasteiger charge is -1.98. The predicted octanol–water partition coefficient (Wildman–Crippen LogP) is 2.26. The maximum absolute atomic E-state index is 11.1. The highest BCUT2D eigenvalue weighted by molar-refractivity contribution is 6.30. The quantitative estimate of drug-likeness (QED) is 0.454. The van der Waals surface area contributed by atoms with Crippen molar-refractivity contribution in [3.05, 3.63) is 17.3 Å². The first-order valence-corrected chi connectivity index (χ1v) is 1.92. The molecule has 1 radical (unpaired) electrons. The minimum atomic E-state index is -4.55. The van der Waals surface area contributed by atoms with Crippen molar-refractivity contribution in [1.82, 2.24) is 0 Å². The van der Waals surface area contributed by atoms with Gasteiger partial charge in [-0.2, -0.15) is 13.2 Å². The van der Waals surface area contributed by atoms with E-state index in [-0.39, 0.29) is 0 Å². The largest absolute Gasteiger partial charge is 0.434 e. The minimum Gasteiger partial charge on any atom is -0.165 e. The summed E-state index contributed by atoms with van der Waals surface area (Å²) >= 11 is 4.50. The smallest absolute Gasteiger partial charge is 0.165 e. The lowest BCUT2D eigenvalue weighted by Crippen LogP contribution is -2.05. The average molecular weight is 141 g/mol. The highest BCUT2D eigenvalue weighted by Crippen LogP contribution is 2.26. The van der Waals surface area contributed by atoms with Gasteiger partial charge in [-0.3, -0.25) is 0 Å². The number of hydrogen-bond acceptors (Lipinski definition) is 0. The molecule has 0 saturated heterocycles. The fraction of sp³-hybridized carbons (Fsp3) is 0.250. The van der Waals surface area contributed by atoms with Crippen molar-refractivity contribution in [1.29, 1.82) is 0 Å². The Morgan fingerprint density at radius 1 is 1.50 bits per heavy atom. The molecule has 0 spiro atoms. The van der Waals surface area contributed by atoms with E-state index in [1.807, 2.05) is 0 Å². The number of hydrogen-bond donors (Lipinski definition) is 0. The molecule has 0 aromatic carbocycles. The van der Waals surface area contributed by atoms with Crippen LogP contribution in [-0.4, -0.2) is 6.18 Å².